The molecule has 2 N–H and O–H groups in total. The Labute approximate surface area is 89.0 Å². The van der Waals surface area contributed by atoms with Crippen molar-refractivity contribution in [3.8, 4) is 5.75 Å². The fraction of sp³-hybridized carbons (Fsp3) is 0.364. The molecule has 1 aromatic rings. The first-order valence-electron chi connectivity index (χ1n) is 4.72. The zero-order valence-corrected chi connectivity index (χ0v) is 9.16. The van der Waals surface area contributed by atoms with Gasteiger partial charge in [0.2, 0.25) is 0 Å². The number of rotatable bonds is 3. The summed E-state index contributed by atoms with van der Waals surface area (Å²) in [6, 6.07) is 3.33. The first kappa shape index (κ1) is 11.4. The summed E-state index contributed by atoms with van der Waals surface area (Å²) < 4.78 is 9.97. The van der Waals surface area contributed by atoms with Crippen LogP contribution in [0, 0.1) is 6.92 Å². The average molecular weight is 209 g/mol. The van der Waals surface area contributed by atoms with Gasteiger partial charge in [0.15, 0.2) is 0 Å². The lowest BCUT2D eigenvalue weighted by Crippen LogP contribution is -2.08. The minimum atomic E-state index is -0.432. The molecule has 0 heterocycles. The maximum Gasteiger partial charge on any atom is 0.339 e. The molecule has 1 rings (SSSR count). The molecule has 0 aliphatic rings. The second kappa shape index (κ2) is 4.68. The van der Waals surface area contributed by atoms with Crippen molar-refractivity contribution in [3.63, 3.8) is 0 Å². The highest BCUT2D eigenvalue weighted by Gasteiger charge is 2.14. The minimum Gasteiger partial charge on any atom is -0.494 e. The fourth-order valence-electron chi connectivity index (χ4n) is 1.31. The quantitative estimate of drug-likeness (QED) is 0.608. The van der Waals surface area contributed by atoms with Crippen molar-refractivity contribution >= 4 is 11.7 Å². The Morgan fingerprint density at radius 2 is 2.13 bits per heavy atom. The second-order valence-electron chi connectivity index (χ2n) is 3.07. The smallest absolute Gasteiger partial charge is 0.339 e. The van der Waals surface area contributed by atoms with Crippen LogP contribution in [-0.2, 0) is 4.74 Å². The second-order valence-corrected chi connectivity index (χ2v) is 3.07. The summed E-state index contributed by atoms with van der Waals surface area (Å²) in [7, 11) is 1.33. The van der Waals surface area contributed by atoms with E-state index in [-0.39, 0.29) is 0 Å². The summed E-state index contributed by atoms with van der Waals surface area (Å²) in [5.41, 5.74) is 7.36. The van der Waals surface area contributed by atoms with Gasteiger partial charge < -0.3 is 15.2 Å². The van der Waals surface area contributed by atoms with Crippen LogP contribution in [-0.4, -0.2) is 19.7 Å². The minimum absolute atomic E-state index is 0.374. The van der Waals surface area contributed by atoms with Gasteiger partial charge in [0.25, 0.3) is 0 Å². The molecule has 4 heteroatoms. The Morgan fingerprint density at radius 3 is 2.67 bits per heavy atom. The van der Waals surface area contributed by atoms with Gasteiger partial charge in [-0.1, -0.05) is 0 Å². The van der Waals surface area contributed by atoms with Gasteiger partial charge in [-0.05, 0) is 26.0 Å². The van der Waals surface area contributed by atoms with E-state index in [4.69, 9.17) is 10.5 Å². The van der Waals surface area contributed by atoms with Gasteiger partial charge in [0, 0.05) is 5.56 Å². The molecule has 0 aliphatic carbocycles. The molecule has 0 bridgehead atoms. The molecule has 0 fully saturated rings. The van der Waals surface area contributed by atoms with Crippen LogP contribution >= 0.6 is 0 Å². The summed E-state index contributed by atoms with van der Waals surface area (Å²) in [4.78, 5) is 11.3. The van der Waals surface area contributed by atoms with Gasteiger partial charge in [-0.3, -0.25) is 0 Å². The molecule has 15 heavy (non-hydrogen) atoms. The summed E-state index contributed by atoms with van der Waals surface area (Å²) in [6.45, 7) is 4.27. The van der Waals surface area contributed by atoms with Crippen LogP contribution in [0.1, 0.15) is 22.8 Å². The molecule has 0 unspecified atom stereocenters. The van der Waals surface area contributed by atoms with Gasteiger partial charge >= 0.3 is 5.97 Å². The molecule has 0 aliphatic heterocycles. The third-order valence-electron chi connectivity index (χ3n) is 2.17. The van der Waals surface area contributed by atoms with Crippen molar-refractivity contribution in [1.29, 1.82) is 0 Å². The van der Waals surface area contributed by atoms with Crippen LogP contribution in [0.25, 0.3) is 0 Å². The van der Waals surface area contributed by atoms with Crippen molar-refractivity contribution in [3.05, 3.63) is 23.3 Å². The summed E-state index contributed by atoms with van der Waals surface area (Å²) >= 11 is 0. The third kappa shape index (κ3) is 2.21. The monoisotopic (exact) mass is 209 g/mol. The number of carbonyl (C=O) groups excluding carboxylic acids is 1. The van der Waals surface area contributed by atoms with E-state index >= 15 is 0 Å². The summed E-state index contributed by atoms with van der Waals surface area (Å²) in [5.74, 6) is 0.265. The Morgan fingerprint density at radius 1 is 1.47 bits per heavy atom. The number of benzene rings is 1. The number of nitrogen functional groups attached to an aromatic ring is 1. The van der Waals surface area contributed by atoms with Crippen LogP contribution in [0.15, 0.2) is 12.1 Å². The lowest BCUT2D eigenvalue weighted by atomic mass is 10.1. The van der Waals surface area contributed by atoms with Gasteiger partial charge in [-0.15, -0.1) is 0 Å². The van der Waals surface area contributed by atoms with E-state index in [2.05, 4.69) is 4.74 Å². The van der Waals surface area contributed by atoms with Crippen LogP contribution in [0.2, 0.25) is 0 Å². The number of ether oxygens (including phenoxy) is 2. The van der Waals surface area contributed by atoms with E-state index in [1.165, 1.54) is 7.11 Å². The van der Waals surface area contributed by atoms with E-state index in [0.29, 0.717) is 23.6 Å². The standard InChI is InChI=1S/C11H15NO3/c1-4-15-9-6-5-8(11(13)14-3)10(12)7(9)2/h5-6H,4,12H2,1-3H3. The number of hydrogen-bond donors (Lipinski definition) is 1. The SMILES string of the molecule is CCOc1ccc(C(=O)OC)c(N)c1C. The summed E-state index contributed by atoms with van der Waals surface area (Å²) in [6.07, 6.45) is 0. The predicted octanol–water partition coefficient (Wildman–Crippen LogP) is 1.76. The molecule has 4 nitrogen and oxygen atoms in total. The first-order chi connectivity index (χ1) is 7.11. The molecule has 0 saturated heterocycles. The number of esters is 1. The van der Waals surface area contributed by atoms with E-state index in [9.17, 15) is 4.79 Å². The number of carbonyl (C=O) groups is 1. The molecule has 0 spiro atoms. The van der Waals surface area contributed by atoms with E-state index in [0.717, 1.165) is 5.56 Å². The molecule has 1 aromatic carbocycles. The number of anilines is 1. The Bertz CT molecular complexity index is 374. The molecule has 0 atom stereocenters. The molecule has 0 amide bonds. The normalized spacial score (nSPS) is 9.80. The predicted molar refractivity (Wildman–Crippen MR) is 58.1 cm³/mol. The average Bonchev–Trinajstić information content (AvgIpc) is 2.24. The lowest BCUT2D eigenvalue weighted by molar-refractivity contribution is 0.0602. The van der Waals surface area contributed by atoms with Gasteiger partial charge in [-0.2, -0.15) is 0 Å². The number of nitrogens with two attached hydrogens (primary N) is 1. The topological polar surface area (TPSA) is 61.5 Å². The lowest BCUT2D eigenvalue weighted by Gasteiger charge is -2.11. The zero-order chi connectivity index (χ0) is 11.4. The van der Waals surface area contributed by atoms with Crippen LogP contribution in [0.4, 0.5) is 5.69 Å². The highest BCUT2D eigenvalue weighted by Crippen LogP contribution is 2.27. The zero-order valence-electron chi connectivity index (χ0n) is 9.16. The van der Waals surface area contributed by atoms with Crippen LogP contribution < -0.4 is 10.5 Å². The van der Waals surface area contributed by atoms with E-state index in [1.807, 2.05) is 13.8 Å². The largest absolute Gasteiger partial charge is 0.494 e. The molecular formula is C11H15NO3. The third-order valence-corrected chi connectivity index (χ3v) is 2.17. The van der Waals surface area contributed by atoms with Crippen molar-refractivity contribution in [2.24, 2.45) is 0 Å². The molecule has 0 saturated carbocycles. The number of hydrogen-bond acceptors (Lipinski definition) is 4. The van der Waals surface area contributed by atoms with Crippen molar-refractivity contribution < 1.29 is 14.3 Å². The van der Waals surface area contributed by atoms with E-state index in [1.54, 1.807) is 12.1 Å². The maximum absolute atomic E-state index is 11.3. The molecule has 82 valence electrons. The summed E-state index contributed by atoms with van der Waals surface area (Å²) in [5, 5.41) is 0. The maximum atomic E-state index is 11.3. The Kier molecular flexibility index (Phi) is 3.55. The van der Waals surface area contributed by atoms with Gasteiger partial charge in [0.05, 0.1) is 25.0 Å². The van der Waals surface area contributed by atoms with E-state index < -0.39 is 5.97 Å². The van der Waals surface area contributed by atoms with Gasteiger partial charge in [-0.25, -0.2) is 4.79 Å². The molecular weight excluding hydrogens is 194 g/mol. The van der Waals surface area contributed by atoms with Crippen LogP contribution in [0.3, 0.4) is 0 Å². The molecule has 0 aromatic heterocycles. The van der Waals surface area contributed by atoms with Crippen molar-refractivity contribution in [2.75, 3.05) is 19.5 Å². The first-order valence-corrected chi connectivity index (χ1v) is 4.72. The van der Waals surface area contributed by atoms with Crippen molar-refractivity contribution in [2.45, 2.75) is 13.8 Å². The Balaban J connectivity index is 3.15. The highest BCUT2D eigenvalue weighted by atomic mass is 16.5. The number of methoxy groups -OCH3 is 1. The van der Waals surface area contributed by atoms with Gasteiger partial charge in [0.1, 0.15) is 5.75 Å². The highest BCUT2D eigenvalue weighted by molar-refractivity contribution is 5.96. The Hall–Kier alpha value is -1.71. The van der Waals surface area contributed by atoms with Crippen molar-refractivity contribution in [1.82, 2.24) is 0 Å². The molecule has 0 radical (unpaired) electrons. The fourth-order valence-corrected chi connectivity index (χ4v) is 1.31. The van der Waals surface area contributed by atoms with Crippen LogP contribution in [0.5, 0.6) is 5.75 Å².